The quantitative estimate of drug-likeness (QED) is 0.884. The molecule has 1 N–H and O–H groups in total. The molecule has 0 radical (unpaired) electrons. The SMILES string of the molecule is CN(C)S(=O)(=O)NCC(C)(C)c1ccccc1F. The average molecular weight is 274 g/mol. The van der Waals surface area contributed by atoms with Crippen LogP contribution < -0.4 is 4.72 Å². The normalized spacial score (nSPS) is 13.0. The maximum Gasteiger partial charge on any atom is 0.278 e. The molecule has 1 aromatic rings. The average Bonchev–Trinajstić information content (AvgIpc) is 2.27. The van der Waals surface area contributed by atoms with Gasteiger partial charge in [0.1, 0.15) is 5.82 Å². The topological polar surface area (TPSA) is 49.4 Å². The highest BCUT2D eigenvalue weighted by molar-refractivity contribution is 7.87. The molecule has 0 saturated carbocycles. The summed E-state index contributed by atoms with van der Waals surface area (Å²) in [4.78, 5) is 0. The summed E-state index contributed by atoms with van der Waals surface area (Å²) >= 11 is 0. The summed E-state index contributed by atoms with van der Waals surface area (Å²) < 4.78 is 40.4. The predicted molar refractivity (Wildman–Crippen MR) is 70.0 cm³/mol. The van der Waals surface area contributed by atoms with Crippen LogP contribution in [-0.4, -0.2) is 33.4 Å². The second-order valence-electron chi connectivity index (χ2n) is 4.97. The van der Waals surface area contributed by atoms with Crippen molar-refractivity contribution in [3.8, 4) is 0 Å². The van der Waals surface area contributed by atoms with E-state index in [0.29, 0.717) is 5.56 Å². The standard InChI is InChI=1S/C12H19FN2O2S/c1-12(2,9-14-18(16,17)15(3)4)10-7-5-6-8-11(10)13/h5-8,14H,9H2,1-4H3. The van der Waals surface area contributed by atoms with Crippen molar-refractivity contribution in [1.82, 2.24) is 9.03 Å². The summed E-state index contributed by atoms with van der Waals surface area (Å²) in [5, 5.41) is 0. The van der Waals surface area contributed by atoms with E-state index in [1.807, 2.05) is 0 Å². The van der Waals surface area contributed by atoms with Gasteiger partial charge in [0.2, 0.25) is 0 Å². The van der Waals surface area contributed by atoms with Crippen molar-refractivity contribution in [1.29, 1.82) is 0 Å². The Bertz CT molecular complexity index is 513. The summed E-state index contributed by atoms with van der Waals surface area (Å²) in [6, 6.07) is 6.39. The molecule has 0 bridgehead atoms. The van der Waals surface area contributed by atoms with Gasteiger partial charge in [-0.05, 0) is 11.6 Å². The number of rotatable bonds is 5. The fourth-order valence-corrected chi connectivity index (χ4v) is 2.31. The van der Waals surface area contributed by atoms with Crippen LogP contribution in [0.2, 0.25) is 0 Å². The van der Waals surface area contributed by atoms with Gasteiger partial charge in [-0.25, -0.2) is 9.11 Å². The maximum atomic E-state index is 13.7. The molecule has 0 amide bonds. The van der Waals surface area contributed by atoms with Crippen molar-refractivity contribution in [3.05, 3.63) is 35.6 Å². The van der Waals surface area contributed by atoms with Crippen molar-refractivity contribution < 1.29 is 12.8 Å². The van der Waals surface area contributed by atoms with E-state index in [0.717, 1.165) is 4.31 Å². The number of nitrogens with one attached hydrogen (secondary N) is 1. The van der Waals surface area contributed by atoms with Gasteiger partial charge in [0.05, 0.1) is 0 Å². The van der Waals surface area contributed by atoms with Gasteiger partial charge in [0.25, 0.3) is 10.2 Å². The van der Waals surface area contributed by atoms with Crippen LogP contribution in [0.4, 0.5) is 4.39 Å². The van der Waals surface area contributed by atoms with E-state index >= 15 is 0 Å². The van der Waals surface area contributed by atoms with Crippen LogP contribution in [0.25, 0.3) is 0 Å². The first kappa shape index (κ1) is 15.1. The minimum Gasteiger partial charge on any atom is -0.207 e. The molecule has 4 nitrogen and oxygen atoms in total. The Hall–Kier alpha value is -0.980. The number of halogens is 1. The molecule has 0 saturated heterocycles. The Morgan fingerprint density at radius 3 is 2.33 bits per heavy atom. The van der Waals surface area contributed by atoms with E-state index in [4.69, 9.17) is 0 Å². The Balaban J connectivity index is 2.87. The van der Waals surface area contributed by atoms with Crippen molar-refractivity contribution in [3.63, 3.8) is 0 Å². The molecular formula is C12H19FN2O2S. The zero-order chi connectivity index (χ0) is 14.0. The van der Waals surface area contributed by atoms with Crippen LogP contribution >= 0.6 is 0 Å². The Morgan fingerprint density at radius 2 is 1.83 bits per heavy atom. The Morgan fingerprint density at radius 1 is 1.28 bits per heavy atom. The minimum absolute atomic E-state index is 0.133. The molecule has 6 heteroatoms. The first-order chi connectivity index (χ1) is 8.17. The third-order valence-corrected chi connectivity index (χ3v) is 4.25. The van der Waals surface area contributed by atoms with Gasteiger partial charge >= 0.3 is 0 Å². The number of hydrogen-bond acceptors (Lipinski definition) is 2. The van der Waals surface area contributed by atoms with Gasteiger partial charge in [0.15, 0.2) is 0 Å². The van der Waals surface area contributed by atoms with E-state index in [1.165, 1.54) is 20.2 Å². The summed E-state index contributed by atoms with van der Waals surface area (Å²) in [6.07, 6.45) is 0. The Kier molecular flexibility index (Phi) is 4.47. The summed E-state index contributed by atoms with van der Waals surface area (Å²) in [6.45, 7) is 3.72. The highest BCUT2D eigenvalue weighted by Gasteiger charge is 2.26. The van der Waals surface area contributed by atoms with Gasteiger partial charge in [-0.1, -0.05) is 32.0 Å². The van der Waals surface area contributed by atoms with E-state index in [9.17, 15) is 12.8 Å². The van der Waals surface area contributed by atoms with E-state index in [1.54, 1.807) is 32.0 Å². The van der Waals surface area contributed by atoms with Crippen LogP contribution in [0.15, 0.2) is 24.3 Å². The monoisotopic (exact) mass is 274 g/mol. The van der Waals surface area contributed by atoms with Gasteiger partial charge in [-0.3, -0.25) is 0 Å². The van der Waals surface area contributed by atoms with Gasteiger partial charge < -0.3 is 0 Å². The highest BCUT2D eigenvalue weighted by atomic mass is 32.2. The highest BCUT2D eigenvalue weighted by Crippen LogP contribution is 2.25. The fourth-order valence-electron chi connectivity index (χ4n) is 1.51. The molecule has 18 heavy (non-hydrogen) atoms. The van der Waals surface area contributed by atoms with E-state index in [2.05, 4.69) is 4.72 Å². The Labute approximate surface area is 108 Å². The number of benzene rings is 1. The van der Waals surface area contributed by atoms with Crippen LogP contribution in [0.3, 0.4) is 0 Å². The maximum absolute atomic E-state index is 13.7. The van der Waals surface area contributed by atoms with Gasteiger partial charge in [-0.2, -0.15) is 12.7 Å². The van der Waals surface area contributed by atoms with Crippen molar-refractivity contribution in [2.45, 2.75) is 19.3 Å². The third kappa shape index (κ3) is 3.51. The molecule has 0 aromatic heterocycles. The predicted octanol–water partition coefficient (Wildman–Crippen LogP) is 1.50. The minimum atomic E-state index is -3.49. The largest absolute Gasteiger partial charge is 0.278 e. The molecule has 0 aliphatic rings. The second kappa shape index (κ2) is 5.34. The van der Waals surface area contributed by atoms with Crippen LogP contribution in [-0.2, 0) is 15.6 Å². The molecule has 0 fully saturated rings. The van der Waals surface area contributed by atoms with E-state index in [-0.39, 0.29) is 12.4 Å². The smallest absolute Gasteiger partial charge is 0.207 e. The first-order valence-electron chi connectivity index (χ1n) is 5.59. The molecule has 1 aromatic carbocycles. The van der Waals surface area contributed by atoms with Gasteiger partial charge in [0, 0.05) is 26.1 Å². The first-order valence-corrected chi connectivity index (χ1v) is 7.03. The van der Waals surface area contributed by atoms with Crippen LogP contribution in [0.5, 0.6) is 0 Å². The molecule has 0 aliphatic carbocycles. The summed E-state index contributed by atoms with van der Waals surface area (Å²) in [5.74, 6) is -0.327. The number of hydrogen-bond donors (Lipinski definition) is 1. The summed E-state index contributed by atoms with van der Waals surface area (Å²) in [5.41, 5.74) is -0.125. The zero-order valence-electron chi connectivity index (χ0n) is 11.1. The lowest BCUT2D eigenvalue weighted by Gasteiger charge is -2.26. The van der Waals surface area contributed by atoms with Crippen LogP contribution in [0.1, 0.15) is 19.4 Å². The molecule has 0 unspecified atom stereocenters. The molecule has 0 spiro atoms. The molecule has 102 valence electrons. The van der Waals surface area contributed by atoms with Gasteiger partial charge in [-0.15, -0.1) is 0 Å². The third-order valence-electron chi connectivity index (χ3n) is 2.78. The van der Waals surface area contributed by atoms with Crippen molar-refractivity contribution in [2.75, 3.05) is 20.6 Å². The zero-order valence-corrected chi connectivity index (χ0v) is 11.9. The molecule has 1 rings (SSSR count). The lowest BCUT2D eigenvalue weighted by Crippen LogP contribution is -2.42. The van der Waals surface area contributed by atoms with E-state index < -0.39 is 15.6 Å². The molecule has 0 aliphatic heterocycles. The second-order valence-corrected chi connectivity index (χ2v) is 6.94. The lowest BCUT2D eigenvalue weighted by atomic mass is 9.84. The summed E-state index contributed by atoms with van der Waals surface area (Å²) in [7, 11) is -0.606. The molecule has 0 heterocycles. The van der Waals surface area contributed by atoms with Crippen molar-refractivity contribution >= 4 is 10.2 Å². The number of nitrogens with zero attached hydrogens (tertiary/aromatic N) is 1. The lowest BCUT2D eigenvalue weighted by molar-refractivity contribution is 0.453. The van der Waals surface area contributed by atoms with Crippen LogP contribution in [0, 0.1) is 5.82 Å². The van der Waals surface area contributed by atoms with Crippen molar-refractivity contribution in [2.24, 2.45) is 0 Å². The fraction of sp³-hybridized carbons (Fsp3) is 0.500. The molecular weight excluding hydrogens is 255 g/mol. The molecule has 0 atom stereocenters.